The minimum absolute atomic E-state index is 0.369. The van der Waals surface area contributed by atoms with Gasteiger partial charge in [-0.1, -0.05) is 12.8 Å². The molecule has 3 heteroatoms. The Morgan fingerprint density at radius 3 is 2.79 bits per heavy atom. The minimum atomic E-state index is 0.369. The van der Waals surface area contributed by atoms with Crippen molar-refractivity contribution < 1.29 is 4.74 Å². The van der Waals surface area contributed by atoms with Crippen molar-refractivity contribution in [1.82, 2.24) is 10.6 Å². The summed E-state index contributed by atoms with van der Waals surface area (Å²) in [5.74, 6) is 0. The van der Waals surface area contributed by atoms with Gasteiger partial charge in [0.15, 0.2) is 0 Å². The Kier molecular flexibility index (Phi) is 9.48. The second-order valence-corrected chi connectivity index (χ2v) is 6.22. The third-order valence-corrected chi connectivity index (χ3v) is 3.82. The molecule has 1 rings (SSSR count). The summed E-state index contributed by atoms with van der Waals surface area (Å²) in [6.45, 7) is 9.74. The Bertz CT molecular complexity index is 201. The molecular weight excluding hydrogens is 236 g/mol. The van der Waals surface area contributed by atoms with Gasteiger partial charge in [-0.2, -0.15) is 0 Å². The van der Waals surface area contributed by atoms with Crippen molar-refractivity contribution in [3.05, 3.63) is 0 Å². The Morgan fingerprint density at radius 1 is 1.16 bits per heavy atom. The third kappa shape index (κ3) is 9.42. The van der Waals surface area contributed by atoms with Gasteiger partial charge >= 0.3 is 0 Å². The smallest absolute Gasteiger partial charge is 0.0518 e. The number of hydrogen-bond donors (Lipinski definition) is 2. The average molecular weight is 270 g/mol. The lowest BCUT2D eigenvalue weighted by molar-refractivity contribution is 0.0759. The maximum absolute atomic E-state index is 5.55. The maximum atomic E-state index is 5.55. The topological polar surface area (TPSA) is 33.3 Å². The standard InChI is InChI=1S/C16H34N2O/c1-14(2)19-12-8-7-10-17-15(3)13-16-9-5-4-6-11-18-16/h14-18H,4-13H2,1-3H3. The lowest BCUT2D eigenvalue weighted by atomic mass is 10.0. The van der Waals surface area contributed by atoms with Gasteiger partial charge in [0.05, 0.1) is 6.10 Å². The quantitative estimate of drug-likeness (QED) is 0.632. The van der Waals surface area contributed by atoms with Crippen LogP contribution in [0.2, 0.25) is 0 Å². The summed E-state index contributed by atoms with van der Waals surface area (Å²) >= 11 is 0. The molecule has 0 bridgehead atoms. The normalized spacial score (nSPS) is 22.4. The highest BCUT2D eigenvalue weighted by Crippen LogP contribution is 2.12. The predicted molar refractivity (Wildman–Crippen MR) is 82.7 cm³/mol. The van der Waals surface area contributed by atoms with Crippen LogP contribution in [-0.2, 0) is 4.74 Å². The molecule has 1 saturated heterocycles. The zero-order valence-electron chi connectivity index (χ0n) is 13.2. The number of hydrogen-bond acceptors (Lipinski definition) is 3. The van der Waals surface area contributed by atoms with E-state index < -0.39 is 0 Å². The van der Waals surface area contributed by atoms with Gasteiger partial charge in [-0.15, -0.1) is 0 Å². The van der Waals surface area contributed by atoms with Crippen LogP contribution in [0.5, 0.6) is 0 Å². The predicted octanol–water partition coefficient (Wildman–Crippen LogP) is 3.09. The van der Waals surface area contributed by atoms with E-state index in [9.17, 15) is 0 Å². The van der Waals surface area contributed by atoms with Crippen molar-refractivity contribution >= 4 is 0 Å². The lowest BCUT2D eigenvalue weighted by Crippen LogP contribution is -2.37. The van der Waals surface area contributed by atoms with E-state index in [1.54, 1.807) is 0 Å². The molecule has 2 atom stereocenters. The molecule has 0 aromatic carbocycles. The summed E-state index contributed by atoms with van der Waals surface area (Å²) in [5.41, 5.74) is 0. The van der Waals surface area contributed by atoms with Gasteiger partial charge in [-0.3, -0.25) is 0 Å². The van der Waals surface area contributed by atoms with Crippen LogP contribution in [0, 0.1) is 0 Å². The monoisotopic (exact) mass is 270 g/mol. The summed E-state index contributed by atoms with van der Waals surface area (Å²) < 4.78 is 5.55. The summed E-state index contributed by atoms with van der Waals surface area (Å²) in [6, 6.07) is 1.36. The average Bonchev–Trinajstić information content (AvgIpc) is 2.62. The first-order valence-corrected chi connectivity index (χ1v) is 8.27. The summed E-state index contributed by atoms with van der Waals surface area (Å²) in [5, 5.41) is 7.32. The van der Waals surface area contributed by atoms with Gasteiger partial charge < -0.3 is 15.4 Å². The van der Waals surface area contributed by atoms with Crippen molar-refractivity contribution in [1.29, 1.82) is 0 Å². The Hall–Kier alpha value is -0.120. The second-order valence-electron chi connectivity index (χ2n) is 6.22. The first kappa shape index (κ1) is 16.9. The number of nitrogens with one attached hydrogen (secondary N) is 2. The van der Waals surface area contributed by atoms with Crippen LogP contribution in [-0.4, -0.2) is 37.9 Å². The zero-order valence-corrected chi connectivity index (χ0v) is 13.2. The van der Waals surface area contributed by atoms with E-state index in [0.29, 0.717) is 12.1 Å². The van der Waals surface area contributed by atoms with Crippen LogP contribution in [0.4, 0.5) is 0 Å². The first-order chi connectivity index (χ1) is 9.18. The highest BCUT2D eigenvalue weighted by molar-refractivity contribution is 4.75. The molecule has 0 aromatic heterocycles. The molecule has 1 fully saturated rings. The van der Waals surface area contributed by atoms with E-state index in [1.807, 2.05) is 0 Å². The van der Waals surface area contributed by atoms with Crippen molar-refractivity contribution in [2.45, 2.75) is 83.9 Å². The fraction of sp³-hybridized carbons (Fsp3) is 1.00. The zero-order chi connectivity index (χ0) is 13.9. The van der Waals surface area contributed by atoms with Crippen molar-refractivity contribution in [3.63, 3.8) is 0 Å². The van der Waals surface area contributed by atoms with E-state index in [2.05, 4.69) is 31.4 Å². The molecule has 19 heavy (non-hydrogen) atoms. The molecule has 0 aromatic rings. The van der Waals surface area contributed by atoms with E-state index in [1.165, 1.54) is 51.5 Å². The molecule has 0 aliphatic carbocycles. The van der Waals surface area contributed by atoms with Crippen LogP contribution in [0.25, 0.3) is 0 Å². The molecule has 114 valence electrons. The molecule has 0 spiro atoms. The Morgan fingerprint density at radius 2 is 2.00 bits per heavy atom. The summed E-state index contributed by atoms with van der Waals surface area (Å²) in [6.07, 6.45) is 9.53. The van der Waals surface area contributed by atoms with Gasteiger partial charge in [0.1, 0.15) is 0 Å². The number of unbranched alkanes of at least 4 members (excludes halogenated alkanes) is 1. The van der Waals surface area contributed by atoms with Crippen LogP contribution in [0.3, 0.4) is 0 Å². The van der Waals surface area contributed by atoms with E-state index in [4.69, 9.17) is 4.74 Å². The van der Waals surface area contributed by atoms with Crippen molar-refractivity contribution in [2.75, 3.05) is 19.7 Å². The van der Waals surface area contributed by atoms with Crippen LogP contribution in [0.15, 0.2) is 0 Å². The van der Waals surface area contributed by atoms with Gasteiger partial charge in [-0.25, -0.2) is 0 Å². The molecule has 0 radical (unpaired) electrons. The highest BCUT2D eigenvalue weighted by atomic mass is 16.5. The van der Waals surface area contributed by atoms with E-state index in [-0.39, 0.29) is 0 Å². The van der Waals surface area contributed by atoms with Gasteiger partial charge in [0.25, 0.3) is 0 Å². The minimum Gasteiger partial charge on any atom is -0.379 e. The maximum Gasteiger partial charge on any atom is 0.0518 e. The van der Waals surface area contributed by atoms with Crippen molar-refractivity contribution in [3.8, 4) is 0 Å². The lowest BCUT2D eigenvalue weighted by Gasteiger charge is -2.21. The Labute approximate surface area is 119 Å². The summed E-state index contributed by atoms with van der Waals surface area (Å²) in [7, 11) is 0. The third-order valence-electron chi connectivity index (χ3n) is 3.82. The van der Waals surface area contributed by atoms with Crippen LogP contribution >= 0.6 is 0 Å². The highest BCUT2D eigenvalue weighted by Gasteiger charge is 2.14. The van der Waals surface area contributed by atoms with Crippen LogP contribution < -0.4 is 10.6 Å². The molecule has 1 heterocycles. The molecule has 1 aliphatic heterocycles. The van der Waals surface area contributed by atoms with Gasteiger partial charge in [0.2, 0.25) is 0 Å². The molecule has 2 N–H and O–H groups in total. The van der Waals surface area contributed by atoms with Gasteiger partial charge in [-0.05, 0) is 66.0 Å². The molecule has 0 saturated carbocycles. The Balaban J connectivity index is 1.96. The fourth-order valence-electron chi connectivity index (χ4n) is 2.71. The largest absolute Gasteiger partial charge is 0.379 e. The summed E-state index contributed by atoms with van der Waals surface area (Å²) in [4.78, 5) is 0. The van der Waals surface area contributed by atoms with Gasteiger partial charge in [0, 0.05) is 18.7 Å². The van der Waals surface area contributed by atoms with Crippen LogP contribution in [0.1, 0.15) is 65.7 Å². The molecule has 2 unspecified atom stereocenters. The SMILES string of the molecule is CC(CC1CCCCCN1)NCCCCOC(C)C. The van der Waals surface area contributed by atoms with E-state index in [0.717, 1.165) is 19.2 Å². The number of rotatable bonds is 9. The second kappa shape index (κ2) is 10.6. The fourth-order valence-corrected chi connectivity index (χ4v) is 2.71. The number of ether oxygens (including phenoxy) is 1. The molecule has 0 amide bonds. The molecule has 3 nitrogen and oxygen atoms in total. The molecular formula is C16H34N2O. The van der Waals surface area contributed by atoms with E-state index >= 15 is 0 Å². The first-order valence-electron chi connectivity index (χ1n) is 8.27. The molecule has 1 aliphatic rings. The van der Waals surface area contributed by atoms with Crippen molar-refractivity contribution in [2.24, 2.45) is 0 Å².